The molecule has 0 unspecified atom stereocenters. The van der Waals surface area contributed by atoms with Crippen LogP contribution in [-0.4, -0.2) is 52.6 Å². The van der Waals surface area contributed by atoms with E-state index in [2.05, 4.69) is 9.88 Å². The predicted octanol–water partition coefficient (Wildman–Crippen LogP) is 3.37. The number of oxazole rings is 1. The molecule has 2 aromatic heterocycles. The van der Waals surface area contributed by atoms with Gasteiger partial charge in [-0.05, 0) is 12.1 Å². The first-order chi connectivity index (χ1) is 13.3. The lowest BCUT2D eigenvalue weighted by Gasteiger charge is -2.34. The van der Waals surface area contributed by atoms with E-state index < -0.39 is 0 Å². The summed E-state index contributed by atoms with van der Waals surface area (Å²) in [4.78, 5) is 21.1. The first-order valence-electron chi connectivity index (χ1n) is 8.94. The minimum atomic E-state index is 0.122. The number of benzene rings is 1. The number of piperazine rings is 1. The number of carbonyl (C=O) groups is 1. The number of thioether (sulfide) groups is 1. The highest BCUT2D eigenvalue weighted by Gasteiger charge is 2.22. The van der Waals surface area contributed by atoms with Gasteiger partial charge in [-0.1, -0.05) is 42.1 Å². The van der Waals surface area contributed by atoms with Crippen LogP contribution in [0.1, 0.15) is 5.76 Å². The molecule has 0 atom stereocenters. The maximum atomic E-state index is 12.5. The van der Waals surface area contributed by atoms with E-state index >= 15 is 0 Å². The lowest BCUT2D eigenvalue weighted by atomic mass is 10.2. The van der Waals surface area contributed by atoms with Crippen LogP contribution in [0.2, 0.25) is 0 Å². The molecule has 6 nitrogen and oxygen atoms in total. The molecule has 0 N–H and O–H groups in total. The van der Waals surface area contributed by atoms with Crippen molar-refractivity contribution in [2.75, 3.05) is 31.9 Å². The zero-order chi connectivity index (χ0) is 18.5. The molecule has 4 rings (SSSR count). The van der Waals surface area contributed by atoms with Crippen molar-refractivity contribution in [1.29, 1.82) is 0 Å². The van der Waals surface area contributed by atoms with E-state index in [9.17, 15) is 4.79 Å². The van der Waals surface area contributed by atoms with Gasteiger partial charge in [0.25, 0.3) is 5.22 Å². The van der Waals surface area contributed by atoms with Crippen LogP contribution in [0.4, 0.5) is 0 Å². The Balaban J connectivity index is 1.24. The molecule has 3 heterocycles. The Labute approximate surface area is 162 Å². The standard InChI is InChI=1S/C20H21N3O3S/c24-19(23-10-8-22(9-11-23)13-17-7-4-12-25-17)15-27-20-21-18(14-26-20)16-5-2-1-3-6-16/h1-7,12,14H,8-11,13,15H2. The summed E-state index contributed by atoms with van der Waals surface area (Å²) in [5.41, 5.74) is 1.80. The van der Waals surface area contributed by atoms with Crippen molar-refractivity contribution >= 4 is 17.7 Å². The normalized spacial score (nSPS) is 15.2. The van der Waals surface area contributed by atoms with Gasteiger partial charge < -0.3 is 13.7 Å². The van der Waals surface area contributed by atoms with E-state index in [1.807, 2.05) is 47.4 Å². The number of furan rings is 1. The minimum Gasteiger partial charge on any atom is -0.468 e. The van der Waals surface area contributed by atoms with Gasteiger partial charge in [0.15, 0.2) is 0 Å². The fourth-order valence-corrected chi connectivity index (χ4v) is 3.77. The van der Waals surface area contributed by atoms with E-state index in [0.717, 1.165) is 49.7 Å². The molecular weight excluding hydrogens is 362 g/mol. The topological polar surface area (TPSA) is 62.7 Å². The van der Waals surface area contributed by atoms with Crippen LogP contribution in [0.3, 0.4) is 0 Å². The van der Waals surface area contributed by atoms with E-state index in [0.29, 0.717) is 11.0 Å². The summed E-state index contributed by atoms with van der Waals surface area (Å²) in [6, 6.07) is 13.7. The minimum absolute atomic E-state index is 0.122. The highest BCUT2D eigenvalue weighted by Crippen LogP contribution is 2.24. The van der Waals surface area contributed by atoms with Gasteiger partial charge in [0.1, 0.15) is 17.7 Å². The number of amides is 1. The molecule has 0 spiro atoms. The van der Waals surface area contributed by atoms with Gasteiger partial charge >= 0.3 is 0 Å². The lowest BCUT2D eigenvalue weighted by molar-refractivity contribution is -0.130. The highest BCUT2D eigenvalue weighted by molar-refractivity contribution is 7.99. The summed E-state index contributed by atoms with van der Waals surface area (Å²) >= 11 is 1.34. The van der Waals surface area contributed by atoms with Gasteiger partial charge in [0.05, 0.1) is 18.6 Å². The van der Waals surface area contributed by atoms with Crippen LogP contribution in [-0.2, 0) is 11.3 Å². The zero-order valence-electron chi connectivity index (χ0n) is 14.9. The van der Waals surface area contributed by atoms with Crippen LogP contribution < -0.4 is 0 Å². The number of nitrogens with zero attached hydrogens (tertiary/aromatic N) is 3. The van der Waals surface area contributed by atoms with Gasteiger partial charge in [-0.15, -0.1) is 0 Å². The molecule has 1 aliphatic heterocycles. The second-order valence-corrected chi connectivity index (χ2v) is 7.32. The second kappa shape index (κ2) is 8.45. The van der Waals surface area contributed by atoms with Gasteiger partial charge in [0.2, 0.25) is 5.91 Å². The Morgan fingerprint density at radius 3 is 2.59 bits per heavy atom. The smallest absolute Gasteiger partial charge is 0.256 e. The third kappa shape index (κ3) is 4.61. The van der Waals surface area contributed by atoms with Crippen molar-refractivity contribution in [2.45, 2.75) is 11.8 Å². The molecule has 0 bridgehead atoms. The summed E-state index contributed by atoms with van der Waals surface area (Å²) in [6.07, 6.45) is 3.33. The molecule has 0 aliphatic carbocycles. The van der Waals surface area contributed by atoms with Crippen LogP contribution in [0.25, 0.3) is 11.3 Å². The summed E-state index contributed by atoms with van der Waals surface area (Å²) in [5.74, 6) is 1.42. The van der Waals surface area contributed by atoms with Crippen LogP contribution in [0, 0.1) is 0 Å². The molecule has 1 aliphatic rings. The number of hydrogen-bond donors (Lipinski definition) is 0. The highest BCUT2D eigenvalue weighted by atomic mass is 32.2. The van der Waals surface area contributed by atoms with Crippen molar-refractivity contribution in [3.05, 3.63) is 60.8 Å². The molecule has 27 heavy (non-hydrogen) atoms. The van der Waals surface area contributed by atoms with Crippen molar-refractivity contribution in [3.8, 4) is 11.3 Å². The quantitative estimate of drug-likeness (QED) is 0.608. The van der Waals surface area contributed by atoms with Crippen molar-refractivity contribution in [2.24, 2.45) is 0 Å². The fraction of sp³-hybridized carbons (Fsp3) is 0.300. The summed E-state index contributed by atoms with van der Waals surface area (Å²) in [6.45, 7) is 3.98. The van der Waals surface area contributed by atoms with Crippen LogP contribution in [0.15, 0.2) is 69.0 Å². The summed E-state index contributed by atoms with van der Waals surface area (Å²) in [7, 11) is 0. The molecule has 3 aromatic rings. The predicted molar refractivity (Wildman–Crippen MR) is 103 cm³/mol. The van der Waals surface area contributed by atoms with Gasteiger partial charge in [-0.3, -0.25) is 9.69 Å². The monoisotopic (exact) mass is 383 g/mol. The van der Waals surface area contributed by atoms with E-state index in [-0.39, 0.29) is 5.91 Å². The molecule has 1 fully saturated rings. The Morgan fingerprint density at radius 1 is 1.04 bits per heavy atom. The largest absolute Gasteiger partial charge is 0.468 e. The van der Waals surface area contributed by atoms with Crippen molar-refractivity contribution < 1.29 is 13.6 Å². The zero-order valence-corrected chi connectivity index (χ0v) is 15.7. The third-order valence-electron chi connectivity index (χ3n) is 4.56. The first kappa shape index (κ1) is 17.9. The van der Waals surface area contributed by atoms with Crippen molar-refractivity contribution in [1.82, 2.24) is 14.8 Å². The average molecular weight is 383 g/mol. The Kier molecular flexibility index (Phi) is 5.60. The molecule has 1 aromatic carbocycles. The maximum Gasteiger partial charge on any atom is 0.256 e. The maximum absolute atomic E-state index is 12.5. The molecule has 140 valence electrons. The fourth-order valence-electron chi connectivity index (χ4n) is 3.06. The summed E-state index contributed by atoms with van der Waals surface area (Å²) < 4.78 is 10.9. The van der Waals surface area contributed by atoms with Gasteiger partial charge in [-0.2, -0.15) is 0 Å². The number of aromatic nitrogens is 1. The lowest BCUT2D eigenvalue weighted by Crippen LogP contribution is -2.48. The summed E-state index contributed by atoms with van der Waals surface area (Å²) in [5, 5.41) is 0.527. The van der Waals surface area contributed by atoms with Gasteiger partial charge in [-0.25, -0.2) is 4.98 Å². The number of hydrogen-bond acceptors (Lipinski definition) is 6. The molecule has 7 heteroatoms. The van der Waals surface area contributed by atoms with Crippen molar-refractivity contribution in [3.63, 3.8) is 0 Å². The van der Waals surface area contributed by atoms with Crippen LogP contribution in [0.5, 0.6) is 0 Å². The molecule has 0 saturated carbocycles. The first-order valence-corrected chi connectivity index (χ1v) is 9.93. The Bertz CT molecular complexity index is 856. The number of rotatable bonds is 6. The second-order valence-electron chi connectivity index (χ2n) is 6.39. The van der Waals surface area contributed by atoms with E-state index in [1.165, 1.54) is 11.8 Å². The molecular formula is C20H21N3O3S. The molecule has 1 amide bonds. The Hall–Kier alpha value is -2.51. The third-order valence-corrected chi connectivity index (χ3v) is 5.38. The van der Waals surface area contributed by atoms with Crippen LogP contribution >= 0.6 is 11.8 Å². The van der Waals surface area contributed by atoms with E-state index in [1.54, 1.807) is 12.5 Å². The van der Waals surface area contributed by atoms with Gasteiger partial charge in [0, 0.05) is 31.7 Å². The number of carbonyl (C=O) groups excluding carboxylic acids is 1. The van der Waals surface area contributed by atoms with E-state index in [4.69, 9.17) is 8.83 Å². The average Bonchev–Trinajstić information content (AvgIpc) is 3.39. The Morgan fingerprint density at radius 2 is 1.85 bits per heavy atom. The SMILES string of the molecule is O=C(CSc1nc(-c2ccccc2)co1)N1CCN(Cc2ccco2)CC1. The molecule has 0 radical (unpaired) electrons. The molecule has 1 saturated heterocycles.